The Balaban J connectivity index is 0. The summed E-state index contributed by atoms with van der Waals surface area (Å²) in [5, 5.41) is 0. The van der Waals surface area contributed by atoms with E-state index in [0.717, 1.165) is 6.26 Å². The third kappa shape index (κ3) is 8.16. The molecule has 1 unspecified atom stereocenters. The number of halogens is 3. The Bertz CT molecular complexity index is 207. The molecule has 0 rings (SSSR count). The highest BCUT2D eigenvalue weighted by Gasteiger charge is 2.16. The van der Waals surface area contributed by atoms with E-state index in [9.17, 15) is 17.2 Å². The van der Waals surface area contributed by atoms with Crippen LogP contribution in [0.1, 0.15) is 6.42 Å². The molecule has 7 heteroatoms. The van der Waals surface area contributed by atoms with Crippen LogP contribution in [-0.2, 0) is 9.84 Å². The lowest BCUT2D eigenvalue weighted by molar-refractivity contribution is 0.114. The van der Waals surface area contributed by atoms with Crippen LogP contribution in [0, 0.1) is 0 Å². The number of hydrogen-bond donors (Lipinski definition) is 1. The third-order valence-electron chi connectivity index (χ3n) is 1.15. The zero-order valence-electron chi connectivity index (χ0n) is 6.54. The Morgan fingerprint density at radius 2 is 1.83 bits per heavy atom. The van der Waals surface area contributed by atoms with Crippen molar-refractivity contribution in [1.29, 1.82) is 0 Å². The van der Waals surface area contributed by atoms with Crippen molar-refractivity contribution in [2.75, 3.05) is 12.0 Å². The van der Waals surface area contributed by atoms with Crippen LogP contribution in [-0.4, -0.2) is 32.9 Å². The van der Waals surface area contributed by atoms with Gasteiger partial charge in [-0.15, -0.1) is 12.4 Å². The Morgan fingerprint density at radius 1 is 1.42 bits per heavy atom. The fraction of sp³-hybridized carbons (Fsp3) is 1.00. The molecule has 0 bridgehead atoms. The van der Waals surface area contributed by atoms with Gasteiger partial charge < -0.3 is 5.73 Å². The number of nitrogens with two attached hydrogens (primary N) is 1. The van der Waals surface area contributed by atoms with E-state index in [-0.39, 0.29) is 24.6 Å². The predicted octanol–water partition coefficient (Wildman–Crippen LogP) is 0.435. The van der Waals surface area contributed by atoms with Crippen LogP contribution in [0.5, 0.6) is 0 Å². The molecule has 0 saturated heterocycles. The predicted molar refractivity (Wildman–Crippen MR) is 45.6 cm³/mol. The Morgan fingerprint density at radius 3 is 2.08 bits per heavy atom. The molecule has 0 aromatic carbocycles. The van der Waals surface area contributed by atoms with E-state index >= 15 is 0 Å². The second kappa shape index (κ2) is 5.66. The topological polar surface area (TPSA) is 60.2 Å². The molecule has 76 valence electrons. The molecule has 0 aliphatic carbocycles. The van der Waals surface area contributed by atoms with Gasteiger partial charge in [0, 0.05) is 6.26 Å². The van der Waals surface area contributed by atoms with Crippen LogP contribution in [0.4, 0.5) is 8.78 Å². The summed E-state index contributed by atoms with van der Waals surface area (Å²) in [5.74, 6) is -0.279. The van der Waals surface area contributed by atoms with Crippen molar-refractivity contribution in [2.45, 2.75) is 18.9 Å². The minimum atomic E-state index is -3.17. The first-order valence-corrected chi connectivity index (χ1v) is 5.10. The third-order valence-corrected chi connectivity index (χ3v) is 2.12. The lowest BCUT2D eigenvalue weighted by atomic mass is 10.2. The van der Waals surface area contributed by atoms with Crippen LogP contribution in [0.25, 0.3) is 0 Å². The number of hydrogen-bond acceptors (Lipinski definition) is 3. The van der Waals surface area contributed by atoms with Gasteiger partial charge in [-0.1, -0.05) is 0 Å². The summed E-state index contributed by atoms with van der Waals surface area (Å²) in [7, 11) is -3.17. The molecule has 0 heterocycles. The van der Waals surface area contributed by atoms with Gasteiger partial charge in [-0.25, -0.2) is 17.2 Å². The van der Waals surface area contributed by atoms with Crippen molar-refractivity contribution in [2.24, 2.45) is 5.73 Å². The molecule has 2 N–H and O–H groups in total. The van der Waals surface area contributed by atoms with Crippen LogP contribution in [0.2, 0.25) is 0 Å². The summed E-state index contributed by atoms with van der Waals surface area (Å²) in [6.45, 7) is 0. The van der Waals surface area contributed by atoms with Gasteiger partial charge in [0.15, 0.2) is 0 Å². The molecule has 0 spiro atoms. The Kier molecular flexibility index (Phi) is 6.88. The van der Waals surface area contributed by atoms with Gasteiger partial charge in [-0.2, -0.15) is 0 Å². The van der Waals surface area contributed by atoms with Gasteiger partial charge in [-0.3, -0.25) is 0 Å². The van der Waals surface area contributed by atoms with E-state index in [0.29, 0.717) is 0 Å². The van der Waals surface area contributed by atoms with Crippen molar-refractivity contribution in [3.05, 3.63) is 0 Å². The standard InChI is InChI=1S/C5H11F2NO2S.ClH/c1-11(9,10)3-2-4(8)5(6)7;/h4-5H,2-3,8H2,1H3;1H. The molecule has 0 amide bonds. The second-order valence-corrected chi connectivity index (χ2v) is 4.68. The quantitative estimate of drug-likeness (QED) is 0.752. The maximum atomic E-state index is 11.7. The van der Waals surface area contributed by atoms with E-state index in [2.05, 4.69) is 0 Å². The van der Waals surface area contributed by atoms with Crippen LogP contribution in [0.15, 0.2) is 0 Å². The second-order valence-electron chi connectivity index (χ2n) is 2.42. The van der Waals surface area contributed by atoms with E-state index in [4.69, 9.17) is 5.73 Å². The molecule has 0 saturated carbocycles. The molecule has 0 aromatic heterocycles. The van der Waals surface area contributed by atoms with Gasteiger partial charge in [-0.05, 0) is 6.42 Å². The minimum Gasteiger partial charge on any atom is -0.323 e. The first-order chi connectivity index (χ1) is 4.83. The molecule has 0 fully saturated rings. The molecule has 12 heavy (non-hydrogen) atoms. The zero-order chi connectivity index (χ0) is 9.07. The van der Waals surface area contributed by atoms with E-state index in [1.807, 2.05) is 0 Å². The largest absolute Gasteiger partial charge is 0.323 e. The molecular weight excluding hydrogens is 212 g/mol. The number of sulfone groups is 1. The first-order valence-electron chi connectivity index (χ1n) is 3.04. The van der Waals surface area contributed by atoms with Gasteiger partial charge in [0.2, 0.25) is 0 Å². The zero-order valence-corrected chi connectivity index (χ0v) is 8.17. The van der Waals surface area contributed by atoms with Crippen LogP contribution >= 0.6 is 12.4 Å². The molecule has 0 aliphatic rings. The molecule has 0 aliphatic heterocycles. The molecule has 3 nitrogen and oxygen atoms in total. The Hall–Kier alpha value is 0.0600. The lowest BCUT2D eigenvalue weighted by Gasteiger charge is -2.07. The number of alkyl halides is 2. The average Bonchev–Trinajstić information content (AvgIpc) is 1.80. The Labute approximate surface area is 76.6 Å². The minimum absolute atomic E-state index is 0. The smallest absolute Gasteiger partial charge is 0.253 e. The van der Waals surface area contributed by atoms with Gasteiger partial charge in [0.1, 0.15) is 9.84 Å². The highest BCUT2D eigenvalue weighted by atomic mass is 35.5. The molecular formula is C5H12ClF2NO2S. The molecule has 0 radical (unpaired) electrons. The summed E-state index contributed by atoms with van der Waals surface area (Å²) in [5.41, 5.74) is 4.91. The summed E-state index contributed by atoms with van der Waals surface area (Å²) < 4.78 is 44.3. The van der Waals surface area contributed by atoms with Crippen molar-refractivity contribution in [3.63, 3.8) is 0 Å². The maximum Gasteiger partial charge on any atom is 0.253 e. The highest BCUT2D eigenvalue weighted by molar-refractivity contribution is 7.90. The van der Waals surface area contributed by atoms with Gasteiger partial charge >= 0.3 is 0 Å². The summed E-state index contributed by atoms with van der Waals surface area (Å²) in [6.07, 6.45) is -1.83. The van der Waals surface area contributed by atoms with Crippen LogP contribution in [0.3, 0.4) is 0 Å². The van der Waals surface area contributed by atoms with Gasteiger partial charge in [0.05, 0.1) is 11.8 Å². The maximum absolute atomic E-state index is 11.7. The van der Waals surface area contributed by atoms with E-state index in [1.165, 1.54) is 0 Å². The normalized spacial score (nSPS) is 14.1. The van der Waals surface area contributed by atoms with Gasteiger partial charge in [0.25, 0.3) is 6.43 Å². The van der Waals surface area contributed by atoms with Crippen molar-refractivity contribution in [1.82, 2.24) is 0 Å². The average molecular weight is 224 g/mol. The fourth-order valence-corrected chi connectivity index (χ4v) is 1.18. The SMILES string of the molecule is CS(=O)(=O)CCC(N)C(F)F.Cl. The van der Waals surface area contributed by atoms with E-state index < -0.39 is 22.3 Å². The monoisotopic (exact) mass is 223 g/mol. The van der Waals surface area contributed by atoms with Crippen molar-refractivity contribution in [3.8, 4) is 0 Å². The number of rotatable bonds is 4. The van der Waals surface area contributed by atoms with E-state index in [1.54, 1.807) is 0 Å². The fourth-order valence-electron chi connectivity index (χ4n) is 0.476. The van der Waals surface area contributed by atoms with Crippen molar-refractivity contribution >= 4 is 22.2 Å². The summed E-state index contributed by atoms with van der Waals surface area (Å²) >= 11 is 0. The molecule has 0 aromatic rings. The summed E-state index contributed by atoms with van der Waals surface area (Å²) in [4.78, 5) is 0. The lowest BCUT2D eigenvalue weighted by Crippen LogP contribution is -2.30. The van der Waals surface area contributed by atoms with Crippen molar-refractivity contribution < 1.29 is 17.2 Å². The summed E-state index contributed by atoms with van der Waals surface area (Å²) in [6, 6.07) is -1.33. The molecule has 1 atom stereocenters. The highest BCUT2D eigenvalue weighted by Crippen LogP contribution is 2.03. The first kappa shape index (κ1) is 14.6. The van der Waals surface area contributed by atoms with Crippen LogP contribution < -0.4 is 5.73 Å².